The van der Waals surface area contributed by atoms with Crippen molar-refractivity contribution in [2.45, 2.75) is 25.8 Å². The summed E-state index contributed by atoms with van der Waals surface area (Å²) >= 11 is 0. The van der Waals surface area contributed by atoms with Gasteiger partial charge < -0.3 is 4.74 Å². The monoisotopic (exact) mass is 304 g/mol. The first-order chi connectivity index (χ1) is 10.7. The Morgan fingerprint density at radius 1 is 1.41 bits per heavy atom. The predicted molar refractivity (Wildman–Crippen MR) is 82.4 cm³/mol. The fourth-order valence-electron chi connectivity index (χ4n) is 3.26. The number of ether oxygens (including phenoxy) is 1. The van der Waals surface area contributed by atoms with Crippen LogP contribution < -0.4 is 0 Å². The third-order valence-electron chi connectivity index (χ3n) is 4.32. The fourth-order valence-corrected chi connectivity index (χ4v) is 3.26. The van der Waals surface area contributed by atoms with Gasteiger partial charge in [-0.15, -0.1) is 0 Å². The number of likely N-dealkylation sites (tertiary alicyclic amines) is 1. The van der Waals surface area contributed by atoms with Crippen molar-refractivity contribution in [1.82, 2.24) is 29.9 Å². The van der Waals surface area contributed by atoms with E-state index in [-0.39, 0.29) is 0 Å². The molecule has 1 aliphatic heterocycles. The number of aromatic amines is 1. The summed E-state index contributed by atoms with van der Waals surface area (Å²) < 4.78 is 7.28. The number of aromatic nitrogens is 5. The molecular weight excluding hydrogens is 280 g/mol. The Hall–Kier alpha value is -1.73. The van der Waals surface area contributed by atoms with E-state index in [1.165, 1.54) is 5.56 Å². The minimum Gasteiger partial charge on any atom is -0.384 e. The van der Waals surface area contributed by atoms with Crippen molar-refractivity contribution in [3.63, 3.8) is 0 Å². The summed E-state index contributed by atoms with van der Waals surface area (Å²) in [6, 6.07) is 0. The minimum absolute atomic E-state index is 0.460. The second-order valence-electron chi connectivity index (χ2n) is 6.02. The fraction of sp³-hybridized carbons (Fsp3) is 0.667. The van der Waals surface area contributed by atoms with E-state index in [9.17, 15) is 0 Å². The second-order valence-corrected chi connectivity index (χ2v) is 6.02. The first kappa shape index (κ1) is 15.2. The van der Waals surface area contributed by atoms with Gasteiger partial charge in [0.25, 0.3) is 0 Å². The molecule has 0 saturated carbocycles. The molecule has 0 spiro atoms. The quantitative estimate of drug-likeness (QED) is 0.861. The standard InChI is InChI=1S/C15H24N6O/c1-4-14-17-15(19-18-14)9-21-7-12(10-22-3)13(8-21)11-5-16-20(2)6-11/h5-6,12-13H,4,7-10H2,1-3H3,(H,17,18,19)/t12-,13-/m0/s1. The molecule has 0 radical (unpaired) electrons. The number of hydrogen-bond acceptors (Lipinski definition) is 5. The minimum atomic E-state index is 0.460. The molecule has 1 aliphatic rings. The maximum Gasteiger partial charge on any atom is 0.150 e. The lowest BCUT2D eigenvalue weighted by atomic mass is 9.92. The van der Waals surface area contributed by atoms with Crippen LogP contribution in [0.4, 0.5) is 0 Å². The summed E-state index contributed by atoms with van der Waals surface area (Å²) in [7, 11) is 3.73. The maximum absolute atomic E-state index is 5.41. The third kappa shape index (κ3) is 3.20. The van der Waals surface area contributed by atoms with Crippen molar-refractivity contribution in [3.8, 4) is 0 Å². The molecule has 3 rings (SSSR count). The molecule has 0 unspecified atom stereocenters. The molecule has 120 valence electrons. The Balaban J connectivity index is 1.69. The molecule has 0 aliphatic carbocycles. The molecule has 22 heavy (non-hydrogen) atoms. The lowest BCUT2D eigenvalue weighted by Gasteiger charge is -2.15. The van der Waals surface area contributed by atoms with Crippen LogP contribution in [0.2, 0.25) is 0 Å². The molecule has 0 aromatic carbocycles. The van der Waals surface area contributed by atoms with Gasteiger partial charge in [-0.25, -0.2) is 4.98 Å². The van der Waals surface area contributed by atoms with E-state index in [1.54, 1.807) is 7.11 Å². The van der Waals surface area contributed by atoms with Crippen molar-refractivity contribution in [2.24, 2.45) is 13.0 Å². The van der Waals surface area contributed by atoms with Crippen molar-refractivity contribution in [2.75, 3.05) is 26.8 Å². The van der Waals surface area contributed by atoms with E-state index in [2.05, 4.69) is 38.3 Å². The molecular formula is C15H24N6O. The van der Waals surface area contributed by atoms with Gasteiger partial charge in [-0.05, 0) is 5.56 Å². The molecule has 7 heteroatoms. The number of nitrogens with one attached hydrogen (secondary N) is 1. The number of H-pyrrole nitrogens is 1. The van der Waals surface area contributed by atoms with Crippen molar-refractivity contribution < 1.29 is 4.74 Å². The lowest BCUT2D eigenvalue weighted by Crippen LogP contribution is -2.22. The molecule has 1 fully saturated rings. The largest absolute Gasteiger partial charge is 0.384 e. The first-order valence-electron chi connectivity index (χ1n) is 7.79. The van der Waals surface area contributed by atoms with E-state index < -0.39 is 0 Å². The Kier molecular flexibility index (Phi) is 4.54. The van der Waals surface area contributed by atoms with Gasteiger partial charge in [0, 0.05) is 51.7 Å². The highest BCUT2D eigenvalue weighted by molar-refractivity contribution is 5.16. The Morgan fingerprint density at radius 2 is 2.27 bits per heavy atom. The predicted octanol–water partition coefficient (Wildman–Crippen LogP) is 0.963. The zero-order chi connectivity index (χ0) is 15.5. The average molecular weight is 304 g/mol. The van der Waals surface area contributed by atoms with E-state index >= 15 is 0 Å². The van der Waals surface area contributed by atoms with Crippen LogP contribution in [-0.4, -0.2) is 56.7 Å². The van der Waals surface area contributed by atoms with Gasteiger partial charge in [0.05, 0.1) is 19.3 Å². The van der Waals surface area contributed by atoms with Crippen LogP contribution in [0.15, 0.2) is 12.4 Å². The molecule has 2 atom stereocenters. The van der Waals surface area contributed by atoms with E-state index in [0.717, 1.165) is 44.3 Å². The summed E-state index contributed by atoms with van der Waals surface area (Å²) in [5.74, 6) is 2.77. The van der Waals surface area contributed by atoms with Crippen LogP contribution >= 0.6 is 0 Å². The van der Waals surface area contributed by atoms with Crippen LogP contribution in [0, 0.1) is 5.92 Å². The van der Waals surface area contributed by atoms with Gasteiger partial charge in [0.1, 0.15) is 11.6 Å². The summed E-state index contributed by atoms with van der Waals surface area (Å²) in [4.78, 5) is 6.93. The van der Waals surface area contributed by atoms with Crippen LogP contribution in [0.1, 0.15) is 30.1 Å². The van der Waals surface area contributed by atoms with E-state index in [1.807, 2.05) is 17.9 Å². The zero-order valence-corrected chi connectivity index (χ0v) is 13.5. The molecule has 1 N–H and O–H groups in total. The molecule has 0 bridgehead atoms. The summed E-state index contributed by atoms with van der Waals surface area (Å²) in [5, 5.41) is 11.6. The van der Waals surface area contributed by atoms with E-state index in [4.69, 9.17) is 4.74 Å². The Labute approximate surface area is 130 Å². The Bertz CT molecular complexity index is 607. The molecule has 3 heterocycles. The van der Waals surface area contributed by atoms with Gasteiger partial charge in [0.2, 0.25) is 0 Å². The second kappa shape index (κ2) is 6.58. The van der Waals surface area contributed by atoms with Gasteiger partial charge in [0.15, 0.2) is 0 Å². The zero-order valence-electron chi connectivity index (χ0n) is 13.5. The summed E-state index contributed by atoms with van der Waals surface area (Å²) in [6.07, 6.45) is 4.95. The van der Waals surface area contributed by atoms with Crippen LogP contribution in [-0.2, 0) is 24.8 Å². The topological polar surface area (TPSA) is 71.9 Å². The highest BCUT2D eigenvalue weighted by Gasteiger charge is 2.34. The SMILES string of the molecule is CCc1n[nH]c(CN2C[C@@H](COC)[C@H](c3cnn(C)c3)C2)n1. The number of aryl methyl sites for hydroxylation is 2. The van der Waals surface area contributed by atoms with Crippen LogP contribution in [0.5, 0.6) is 0 Å². The van der Waals surface area contributed by atoms with Crippen LogP contribution in [0.25, 0.3) is 0 Å². The number of rotatable bonds is 6. The average Bonchev–Trinajstić information content (AvgIpc) is 3.20. The van der Waals surface area contributed by atoms with Gasteiger partial charge in [-0.1, -0.05) is 6.92 Å². The van der Waals surface area contributed by atoms with Gasteiger partial charge >= 0.3 is 0 Å². The normalized spacial score (nSPS) is 22.5. The van der Waals surface area contributed by atoms with Crippen LogP contribution in [0.3, 0.4) is 0 Å². The number of hydrogen-bond donors (Lipinski definition) is 1. The third-order valence-corrected chi connectivity index (χ3v) is 4.32. The lowest BCUT2D eigenvalue weighted by molar-refractivity contribution is 0.147. The molecule has 2 aromatic rings. The molecule has 0 amide bonds. The molecule has 7 nitrogen and oxygen atoms in total. The number of nitrogens with zero attached hydrogens (tertiary/aromatic N) is 5. The molecule has 2 aromatic heterocycles. The van der Waals surface area contributed by atoms with Gasteiger partial charge in [-0.3, -0.25) is 14.7 Å². The van der Waals surface area contributed by atoms with Gasteiger partial charge in [-0.2, -0.15) is 10.2 Å². The number of methoxy groups -OCH3 is 1. The highest BCUT2D eigenvalue weighted by Crippen LogP contribution is 2.33. The molecule has 1 saturated heterocycles. The summed E-state index contributed by atoms with van der Waals surface area (Å²) in [6.45, 7) is 5.66. The van der Waals surface area contributed by atoms with Crippen molar-refractivity contribution >= 4 is 0 Å². The van der Waals surface area contributed by atoms with E-state index in [0.29, 0.717) is 11.8 Å². The first-order valence-corrected chi connectivity index (χ1v) is 7.79. The highest BCUT2D eigenvalue weighted by atomic mass is 16.5. The maximum atomic E-state index is 5.41. The Morgan fingerprint density at radius 3 is 2.91 bits per heavy atom. The smallest absolute Gasteiger partial charge is 0.150 e. The summed E-state index contributed by atoms with van der Waals surface area (Å²) in [5.41, 5.74) is 1.29. The van der Waals surface area contributed by atoms with Crippen molar-refractivity contribution in [1.29, 1.82) is 0 Å². The van der Waals surface area contributed by atoms with Crippen molar-refractivity contribution in [3.05, 3.63) is 29.6 Å².